The SMILES string of the molecule is O=C1OC(=O)[C@H]2[C@H]3C=C[C@@H]([C@H]4C[C@@H]34)[C@@H]12. The van der Waals surface area contributed by atoms with Gasteiger partial charge in [0.05, 0.1) is 11.8 Å². The molecular formula is C11H10O3. The topological polar surface area (TPSA) is 43.4 Å². The molecule has 0 aromatic carbocycles. The van der Waals surface area contributed by atoms with Gasteiger partial charge in [0, 0.05) is 0 Å². The fourth-order valence-corrected chi connectivity index (χ4v) is 3.76. The maximum absolute atomic E-state index is 11.5. The van der Waals surface area contributed by atoms with E-state index in [0.717, 1.165) is 0 Å². The van der Waals surface area contributed by atoms with Crippen molar-refractivity contribution in [3.8, 4) is 0 Å². The summed E-state index contributed by atoms with van der Waals surface area (Å²) in [6.45, 7) is 0. The number of hydrogen-bond donors (Lipinski definition) is 0. The lowest BCUT2D eigenvalue weighted by atomic mass is 9.63. The molecule has 0 spiro atoms. The average Bonchev–Trinajstić information content (AvgIpc) is 2.92. The Labute approximate surface area is 81.1 Å². The molecule has 6 atom stereocenters. The number of cyclic esters (lactones) is 2. The first-order chi connectivity index (χ1) is 6.77. The highest BCUT2D eigenvalue weighted by Gasteiger charge is 2.66. The van der Waals surface area contributed by atoms with Crippen LogP contribution < -0.4 is 0 Å². The number of ether oxygens (including phenoxy) is 1. The van der Waals surface area contributed by atoms with Gasteiger partial charge in [-0.25, -0.2) is 0 Å². The molecule has 0 radical (unpaired) electrons. The van der Waals surface area contributed by atoms with Gasteiger partial charge in [-0.05, 0) is 30.1 Å². The molecule has 1 aliphatic heterocycles. The monoisotopic (exact) mass is 190 g/mol. The lowest BCUT2D eigenvalue weighted by Gasteiger charge is -2.36. The van der Waals surface area contributed by atoms with Crippen LogP contribution in [0.3, 0.4) is 0 Å². The van der Waals surface area contributed by atoms with Gasteiger partial charge in [-0.2, -0.15) is 0 Å². The first kappa shape index (κ1) is 7.21. The molecule has 2 saturated carbocycles. The third-order valence-electron chi connectivity index (χ3n) is 4.40. The zero-order valence-corrected chi connectivity index (χ0v) is 7.55. The van der Waals surface area contributed by atoms with Gasteiger partial charge in [-0.15, -0.1) is 0 Å². The summed E-state index contributed by atoms with van der Waals surface area (Å²) in [7, 11) is 0. The van der Waals surface area contributed by atoms with Crippen LogP contribution in [0.2, 0.25) is 0 Å². The van der Waals surface area contributed by atoms with Crippen LogP contribution in [-0.4, -0.2) is 11.9 Å². The predicted octanol–water partition coefficient (Wildman–Crippen LogP) is 0.754. The summed E-state index contributed by atoms with van der Waals surface area (Å²) in [5.74, 6) is 1.12. The molecule has 72 valence electrons. The molecule has 3 nitrogen and oxygen atoms in total. The fraction of sp³-hybridized carbons (Fsp3) is 0.636. The van der Waals surface area contributed by atoms with Gasteiger partial charge in [0.25, 0.3) is 0 Å². The average molecular weight is 190 g/mol. The van der Waals surface area contributed by atoms with Crippen molar-refractivity contribution in [3.63, 3.8) is 0 Å². The van der Waals surface area contributed by atoms with E-state index in [0.29, 0.717) is 23.7 Å². The van der Waals surface area contributed by atoms with Gasteiger partial charge in [0.2, 0.25) is 0 Å². The predicted molar refractivity (Wildman–Crippen MR) is 45.8 cm³/mol. The third-order valence-corrected chi connectivity index (χ3v) is 4.40. The smallest absolute Gasteiger partial charge is 0.318 e. The van der Waals surface area contributed by atoms with Gasteiger partial charge < -0.3 is 4.74 Å². The molecule has 5 aliphatic rings. The molecule has 14 heavy (non-hydrogen) atoms. The maximum Gasteiger partial charge on any atom is 0.318 e. The largest absolute Gasteiger partial charge is 0.393 e. The van der Waals surface area contributed by atoms with Gasteiger partial charge in [0.15, 0.2) is 0 Å². The van der Waals surface area contributed by atoms with Crippen LogP contribution in [0.1, 0.15) is 6.42 Å². The van der Waals surface area contributed by atoms with E-state index in [-0.39, 0.29) is 23.8 Å². The van der Waals surface area contributed by atoms with Crippen molar-refractivity contribution >= 4 is 11.9 Å². The van der Waals surface area contributed by atoms with Crippen LogP contribution in [0.4, 0.5) is 0 Å². The van der Waals surface area contributed by atoms with Gasteiger partial charge >= 0.3 is 11.9 Å². The quantitative estimate of drug-likeness (QED) is 0.321. The van der Waals surface area contributed by atoms with Crippen molar-refractivity contribution in [3.05, 3.63) is 12.2 Å². The summed E-state index contributed by atoms with van der Waals surface area (Å²) in [6, 6.07) is 0. The van der Waals surface area contributed by atoms with Crippen LogP contribution in [0.5, 0.6) is 0 Å². The van der Waals surface area contributed by atoms with E-state index < -0.39 is 0 Å². The second-order valence-corrected chi connectivity index (χ2v) is 4.89. The van der Waals surface area contributed by atoms with Crippen LogP contribution in [0.15, 0.2) is 12.2 Å². The van der Waals surface area contributed by atoms with Crippen LogP contribution in [0, 0.1) is 35.5 Å². The molecule has 5 rings (SSSR count). The molecule has 1 heterocycles. The lowest BCUT2D eigenvalue weighted by Crippen LogP contribution is -2.40. The Kier molecular flexibility index (Phi) is 1.00. The fourth-order valence-electron chi connectivity index (χ4n) is 3.76. The number of carbonyl (C=O) groups excluding carboxylic acids is 2. The molecule has 1 saturated heterocycles. The van der Waals surface area contributed by atoms with Crippen molar-refractivity contribution in [2.45, 2.75) is 6.42 Å². The van der Waals surface area contributed by atoms with E-state index in [1.54, 1.807) is 0 Å². The Morgan fingerprint density at radius 1 is 1.00 bits per heavy atom. The van der Waals surface area contributed by atoms with E-state index >= 15 is 0 Å². The normalized spacial score (nSPS) is 56.9. The van der Waals surface area contributed by atoms with Crippen molar-refractivity contribution in [1.29, 1.82) is 0 Å². The van der Waals surface area contributed by atoms with E-state index in [2.05, 4.69) is 12.2 Å². The summed E-state index contributed by atoms with van der Waals surface area (Å²) in [4.78, 5) is 23.0. The zero-order valence-electron chi connectivity index (χ0n) is 7.55. The van der Waals surface area contributed by atoms with Gasteiger partial charge in [-0.3, -0.25) is 9.59 Å². The highest BCUT2D eigenvalue weighted by molar-refractivity contribution is 5.97. The third kappa shape index (κ3) is 0.606. The first-order valence-electron chi connectivity index (χ1n) is 5.21. The Bertz CT molecular complexity index is 350. The number of rotatable bonds is 0. The first-order valence-corrected chi connectivity index (χ1v) is 5.21. The van der Waals surface area contributed by atoms with Crippen molar-refractivity contribution < 1.29 is 14.3 Å². The van der Waals surface area contributed by atoms with Crippen LogP contribution >= 0.6 is 0 Å². The molecule has 4 aliphatic carbocycles. The van der Waals surface area contributed by atoms with Crippen LogP contribution in [0.25, 0.3) is 0 Å². The van der Waals surface area contributed by atoms with E-state index in [9.17, 15) is 9.59 Å². The zero-order chi connectivity index (χ0) is 9.45. The molecule has 0 unspecified atom stereocenters. The second kappa shape index (κ2) is 1.95. The minimum absolute atomic E-state index is 0.138. The van der Waals surface area contributed by atoms with Gasteiger partial charge in [-0.1, -0.05) is 12.2 Å². The van der Waals surface area contributed by atoms with E-state index in [1.165, 1.54) is 6.42 Å². The number of allylic oxidation sites excluding steroid dienone is 2. The Hall–Kier alpha value is -1.12. The molecule has 0 amide bonds. The molecule has 0 N–H and O–H groups in total. The Balaban J connectivity index is 1.88. The lowest BCUT2D eigenvalue weighted by molar-refractivity contribution is -0.154. The highest BCUT2D eigenvalue weighted by Crippen LogP contribution is 2.65. The number of hydrogen-bond acceptors (Lipinski definition) is 3. The van der Waals surface area contributed by atoms with Crippen molar-refractivity contribution in [1.82, 2.24) is 0 Å². The molecule has 3 heteroatoms. The summed E-state index contributed by atoms with van der Waals surface area (Å²) in [5.41, 5.74) is 0. The van der Waals surface area contributed by atoms with E-state index in [1.807, 2.05) is 0 Å². The summed E-state index contributed by atoms with van der Waals surface area (Å²) < 4.78 is 4.74. The molecule has 3 fully saturated rings. The van der Waals surface area contributed by atoms with E-state index in [4.69, 9.17) is 4.74 Å². The van der Waals surface area contributed by atoms with Crippen LogP contribution in [-0.2, 0) is 14.3 Å². The minimum Gasteiger partial charge on any atom is -0.393 e. The molecular weight excluding hydrogens is 180 g/mol. The molecule has 0 aromatic heterocycles. The molecule has 0 aromatic rings. The second-order valence-electron chi connectivity index (χ2n) is 4.89. The standard InChI is InChI=1S/C11H10O3/c12-10-8-4-1-2-5(7-3-6(4)7)9(8)11(13)14-10/h1-2,4-9H,3H2/t4-,5-,6-,7+,8-,9+/m0/s1. The summed E-state index contributed by atoms with van der Waals surface area (Å²) in [5, 5.41) is 0. The maximum atomic E-state index is 11.5. The summed E-state index contributed by atoms with van der Waals surface area (Å²) >= 11 is 0. The highest BCUT2D eigenvalue weighted by atomic mass is 16.6. The summed E-state index contributed by atoms with van der Waals surface area (Å²) in [6.07, 6.45) is 5.48. The van der Waals surface area contributed by atoms with Crippen molar-refractivity contribution in [2.75, 3.05) is 0 Å². The van der Waals surface area contributed by atoms with Gasteiger partial charge in [0.1, 0.15) is 0 Å². The Morgan fingerprint density at radius 3 is 2.00 bits per heavy atom. The minimum atomic E-state index is -0.273. The number of esters is 2. The Morgan fingerprint density at radius 2 is 1.50 bits per heavy atom. The molecule has 2 bridgehead atoms. The van der Waals surface area contributed by atoms with Crippen molar-refractivity contribution in [2.24, 2.45) is 35.5 Å². The number of carbonyl (C=O) groups is 2.